The summed E-state index contributed by atoms with van der Waals surface area (Å²) in [5.74, 6) is 2.08. The normalized spacial score (nSPS) is 16.6. The minimum atomic E-state index is 0.646. The molecular formula is C11H12O3. The van der Waals surface area contributed by atoms with Crippen LogP contribution >= 0.6 is 0 Å². The Hall–Kier alpha value is -1.64. The molecule has 1 aliphatic rings. The third kappa shape index (κ3) is 1.66. The Balaban J connectivity index is 2.40. The largest absolute Gasteiger partial charge is 0.493 e. The number of rotatable bonds is 1. The van der Waals surface area contributed by atoms with Gasteiger partial charge in [0.2, 0.25) is 5.75 Å². The molecule has 74 valence electrons. The molecule has 0 radical (unpaired) electrons. The van der Waals surface area contributed by atoms with Crippen LogP contribution < -0.4 is 14.2 Å². The lowest BCUT2D eigenvalue weighted by atomic mass is 10.3. The van der Waals surface area contributed by atoms with Crippen LogP contribution in [0.5, 0.6) is 17.2 Å². The summed E-state index contributed by atoms with van der Waals surface area (Å²) in [6.45, 7) is 0.646. The van der Waals surface area contributed by atoms with Crippen LogP contribution in [0.25, 0.3) is 0 Å². The number of methoxy groups -OCH3 is 1. The van der Waals surface area contributed by atoms with Crippen molar-refractivity contribution >= 4 is 0 Å². The van der Waals surface area contributed by atoms with E-state index in [4.69, 9.17) is 14.2 Å². The van der Waals surface area contributed by atoms with Crippen molar-refractivity contribution in [2.75, 3.05) is 13.7 Å². The van der Waals surface area contributed by atoms with Gasteiger partial charge in [-0.3, -0.25) is 0 Å². The fraction of sp³-hybridized carbons (Fsp3) is 0.273. The van der Waals surface area contributed by atoms with Crippen molar-refractivity contribution in [2.24, 2.45) is 0 Å². The third-order valence-corrected chi connectivity index (χ3v) is 1.98. The van der Waals surface area contributed by atoms with Gasteiger partial charge in [-0.15, -0.1) is 0 Å². The van der Waals surface area contributed by atoms with Crippen LogP contribution in [0.1, 0.15) is 6.42 Å². The van der Waals surface area contributed by atoms with Crippen LogP contribution in [-0.2, 0) is 0 Å². The molecule has 0 bridgehead atoms. The number of hydrogen-bond acceptors (Lipinski definition) is 3. The molecule has 0 aliphatic carbocycles. The number of fused-ring (bicyclic) bond motifs is 1. The fourth-order valence-electron chi connectivity index (χ4n) is 1.31. The summed E-state index contributed by atoms with van der Waals surface area (Å²) < 4.78 is 16.1. The number of hydrogen-bond donors (Lipinski definition) is 0. The zero-order valence-corrected chi connectivity index (χ0v) is 8.03. The monoisotopic (exact) mass is 192 g/mol. The first-order valence-corrected chi connectivity index (χ1v) is 4.53. The quantitative estimate of drug-likeness (QED) is 0.683. The lowest BCUT2D eigenvalue weighted by molar-refractivity contribution is 0.278. The van der Waals surface area contributed by atoms with Crippen molar-refractivity contribution in [3.8, 4) is 17.2 Å². The predicted octanol–water partition coefficient (Wildman–Crippen LogP) is 2.37. The van der Waals surface area contributed by atoms with Crippen molar-refractivity contribution in [3.63, 3.8) is 0 Å². The molecule has 1 aliphatic heterocycles. The highest BCUT2D eigenvalue weighted by Gasteiger charge is 2.11. The van der Waals surface area contributed by atoms with Gasteiger partial charge >= 0.3 is 0 Å². The average molecular weight is 192 g/mol. The highest BCUT2D eigenvalue weighted by atomic mass is 16.5. The fourth-order valence-corrected chi connectivity index (χ4v) is 1.31. The van der Waals surface area contributed by atoms with E-state index in [0.717, 1.165) is 6.42 Å². The molecule has 0 unspecified atom stereocenters. The van der Waals surface area contributed by atoms with Gasteiger partial charge in [0.25, 0.3) is 0 Å². The summed E-state index contributed by atoms with van der Waals surface area (Å²) in [5.41, 5.74) is 0. The molecule has 14 heavy (non-hydrogen) atoms. The summed E-state index contributed by atoms with van der Waals surface area (Å²) in [7, 11) is 1.62. The summed E-state index contributed by atoms with van der Waals surface area (Å²) in [6.07, 6.45) is 4.46. The zero-order chi connectivity index (χ0) is 9.80. The summed E-state index contributed by atoms with van der Waals surface area (Å²) >= 11 is 0. The Labute approximate surface area is 82.9 Å². The molecule has 0 N–H and O–H groups in total. The first-order valence-electron chi connectivity index (χ1n) is 4.53. The van der Waals surface area contributed by atoms with Gasteiger partial charge in [0.15, 0.2) is 11.5 Å². The molecular weight excluding hydrogens is 180 g/mol. The van der Waals surface area contributed by atoms with Crippen molar-refractivity contribution in [1.29, 1.82) is 0 Å². The van der Waals surface area contributed by atoms with Crippen LogP contribution in [0.4, 0.5) is 0 Å². The highest BCUT2D eigenvalue weighted by molar-refractivity contribution is 5.51. The van der Waals surface area contributed by atoms with Crippen molar-refractivity contribution in [2.45, 2.75) is 6.42 Å². The maximum atomic E-state index is 5.55. The molecule has 1 heterocycles. The lowest BCUT2D eigenvalue weighted by Gasteiger charge is -2.15. The van der Waals surface area contributed by atoms with Gasteiger partial charge in [-0.25, -0.2) is 0 Å². The van der Waals surface area contributed by atoms with Crippen LogP contribution in [0.3, 0.4) is 0 Å². The summed E-state index contributed by atoms with van der Waals surface area (Å²) in [4.78, 5) is 0. The van der Waals surface area contributed by atoms with E-state index in [1.54, 1.807) is 13.4 Å². The lowest BCUT2D eigenvalue weighted by Crippen LogP contribution is -2.02. The molecule has 1 aromatic carbocycles. The summed E-state index contributed by atoms with van der Waals surface area (Å²) in [5, 5.41) is 0. The minimum absolute atomic E-state index is 0.646. The molecule has 3 nitrogen and oxygen atoms in total. The van der Waals surface area contributed by atoms with Crippen LogP contribution in [0.15, 0.2) is 30.5 Å². The van der Waals surface area contributed by atoms with Gasteiger partial charge in [0.1, 0.15) is 0 Å². The Kier molecular flexibility index (Phi) is 2.58. The molecule has 1 aromatic rings. The smallest absolute Gasteiger partial charge is 0.204 e. The van der Waals surface area contributed by atoms with Crippen molar-refractivity contribution in [1.82, 2.24) is 0 Å². The van der Waals surface area contributed by atoms with E-state index in [-0.39, 0.29) is 0 Å². The summed E-state index contributed by atoms with van der Waals surface area (Å²) in [6, 6.07) is 5.58. The second-order valence-electron chi connectivity index (χ2n) is 2.91. The van der Waals surface area contributed by atoms with Crippen molar-refractivity contribution in [3.05, 3.63) is 30.5 Å². The molecule has 3 heteroatoms. The van der Waals surface area contributed by atoms with E-state index >= 15 is 0 Å². The second-order valence-corrected chi connectivity index (χ2v) is 2.91. The third-order valence-electron chi connectivity index (χ3n) is 1.98. The van der Waals surface area contributed by atoms with Gasteiger partial charge < -0.3 is 14.2 Å². The van der Waals surface area contributed by atoms with Crippen LogP contribution in [0.2, 0.25) is 0 Å². The van der Waals surface area contributed by atoms with E-state index in [0.29, 0.717) is 23.9 Å². The Morgan fingerprint density at radius 1 is 1.36 bits per heavy atom. The Morgan fingerprint density at radius 2 is 2.29 bits per heavy atom. The zero-order valence-electron chi connectivity index (χ0n) is 8.03. The topological polar surface area (TPSA) is 27.7 Å². The van der Waals surface area contributed by atoms with Crippen molar-refractivity contribution < 1.29 is 14.2 Å². The first kappa shape index (κ1) is 8.94. The van der Waals surface area contributed by atoms with E-state index < -0.39 is 0 Å². The molecule has 0 saturated heterocycles. The first-order chi connectivity index (χ1) is 6.92. The Morgan fingerprint density at radius 3 is 3.14 bits per heavy atom. The second kappa shape index (κ2) is 4.05. The molecule has 0 aromatic heterocycles. The van der Waals surface area contributed by atoms with Gasteiger partial charge in [0.05, 0.1) is 20.0 Å². The Bertz CT molecular complexity index is 344. The highest BCUT2D eigenvalue weighted by Crippen LogP contribution is 2.37. The number of ether oxygens (including phenoxy) is 3. The van der Waals surface area contributed by atoms with E-state index in [1.807, 2.05) is 24.3 Å². The maximum absolute atomic E-state index is 5.55. The van der Waals surface area contributed by atoms with Gasteiger partial charge in [-0.05, 0) is 18.2 Å². The molecule has 0 saturated carbocycles. The van der Waals surface area contributed by atoms with Crippen LogP contribution in [0, 0.1) is 0 Å². The molecule has 0 spiro atoms. The van der Waals surface area contributed by atoms with Gasteiger partial charge in [0, 0.05) is 6.42 Å². The van der Waals surface area contributed by atoms with Crippen LogP contribution in [-0.4, -0.2) is 13.7 Å². The maximum Gasteiger partial charge on any atom is 0.204 e. The molecule has 0 fully saturated rings. The predicted molar refractivity (Wildman–Crippen MR) is 52.9 cm³/mol. The number of para-hydroxylation sites is 1. The molecule has 0 atom stereocenters. The van der Waals surface area contributed by atoms with E-state index in [9.17, 15) is 0 Å². The minimum Gasteiger partial charge on any atom is -0.493 e. The number of benzene rings is 1. The van der Waals surface area contributed by atoms with Gasteiger partial charge in [-0.1, -0.05) is 6.07 Å². The standard InChI is InChI=1S/C11H12O3/c1-12-9-5-4-6-10-11(9)14-8-3-2-7-13-10/h2,4-7H,3,8H2,1H3/b7-2-. The average Bonchev–Trinajstić information content (AvgIpc) is 2.18. The van der Waals surface area contributed by atoms with Gasteiger partial charge in [-0.2, -0.15) is 0 Å². The molecule has 2 rings (SSSR count). The van der Waals surface area contributed by atoms with E-state index in [1.165, 1.54) is 0 Å². The SMILES string of the molecule is COc1cccc2c1OCC/C=C\O2. The van der Waals surface area contributed by atoms with E-state index in [2.05, 4.69) is 0 Å². The molecule has 0 amide bonds.